The topological polar surface area (TPSA) is 31.0 Å². The first-order valence-corrected chi connectivity index (χ1v) is 15.5. The average molecular weight is 589 g/mol. The van der Waals surface area contributed by atoms with Gasteiger partial charge in [0, 0.05) is 16.5 Å². The molecule has 7 aromatic carbocycles. The summed E-state index contributed by atoms with van der Waals surface area (Å²) in [7, 11) is 0. The fraction of sp³-hybridized carbons (Fsp3) is 0. The van der Waals surface area contributed by atoms with Gasteiger partial charge in [-0.1, -0.05) is 140 Å². The van der Waals surface area contributed by atoms with E-state index < -0.39 is 0 Å². The largest absolute Gasteiger partial charge is 0.464 e. The van der Waals surface area contributed by atoms with E-state index in [1.807, 2.05) is 6.26 Å². The summed E-state index contributed by atoms with van der Waals surface area (Å²) in [5.74, 6) is 0.843. The summed E-state index contributed by atoms with van der Waals surface area (Å²) >= 11 is 0. The van der Waals surface area contributed by atoms with Gasteiger partial charge in [-0.25, -0.2) is 4.98 Å². The van der Waals surface area contributed by atoms with Crippen molar-refractivity contribution in [2.24, 2.45) is 0 Å². The van der Waals surface area contributed by atoms with Gasteiger partial charge in [-0.15, -0.1) is 0 Å². The van der Waals surface area contributed by atoms with E-state index in [1.54, 1.807) is 0 Å². The first-order valence-electron chi connectivity index (χ1n) is 15.5. The van der Waals surface area contributed by atoms with Crippen LogP contribution in [0.4, 0.5) is 0 Å². The normalized spacial score (nSPS) is 11.5. The fourth-order valence-electron chi connectivity index (χ4n) is 6.77. The van der Waals surface area contributed by atoms with Gasteiger partial charge in [-0.3, -0.25) is 4.57 Å². The molecule has 0 aliphatic heterocycles. The molecule has 3 heteroatoms. The molecule has 3 nitrogen and oxygen atoms in total. The van der Waals surface area contributed by atoms with E-state index in [2.05, 4.69) is 168 Å². The number of aromatic nitrogens is 2. The molecule has 2 aromatic heterocycles. The zero-order valence-corrected chi connectivity index (χ0v) is 25.0. The van der Waals surface area contributed by atoms with E-state index in [0.717, 1.165) is 66.9 Å². The summed E-state index contributed by atoms with van der Waals surface area (Å²) in [4.78, 5) is 5.31. The number of furan rings is 1. The highest BCUT2D eigenvalue weighted by Gasteiger charge is 2.23. The predicted molar refractivity (Wildman–Crippen MR) is 190 cm³/mol. The molecule has 0 unspecified atom stereocenters. The molecule has 9 aromatic rings. The fourth-order valence-corrected chi connectivity index (χ4v) is 6.77. The second kappa shape index (κ2) is 10.8. The van der Waals surface area contributed by atoms with E-state index >= 15 is 0 Å². The molecule has 0 aliphatic carbocycles. The molecular formula is C43H28N2O. The SMILES string of the molecule is c1ccc(-c2cccc(-c3ccccc3)c2-n2c(-c3coc4ccc(-c5cccc6ccccc56)cc34)nc3ccccc32)cc1. The van der Waals surface area contributed by atoms with Gasteiger partial charge < -0.3 is 4.42 Å². The number of fused-ring (bicyclic) bond motifs is 3. The average Bonchev–Trinajstić information content (AvgIpc) is 3.73. The maximum absolute atomic E-state index is 6.25. The maximum atomic E-state index is 6.25. The number of benzene rings is 7. The van der Waals surface area contributed by atoms with Gasteiger partial charge in [0.25, 0.3) is 0 Å². The van der Waals surface area contributed by atoms with Crippen molar-refractivity contribution in [2.45, 2.75) is 0 Å². The van der Waals surface area contributed by atoms with Gasteiger partial charge in [-0.05, 0) is 57.3 Å². The zero-order chi connectivity index (χ0) is 30.5. The number of hydrogen-bond donors (Lipinski definition) is 0. The van der Waals surface area contributed by atoms with Crippen LogP contribution in [0, 0.1) is 0 Å². The second-order valence-corrected chi connectivity index (χ2v) is 11.6. The smallest absolute Gasteiger partial charge is 0.149 e. The molecule has 0 spiro atoms. The van der Waals surface area contributed by atoms with E-state index in [0.29, 0.717) is 0 Å². The Morgan fingerprint density at radius 2 is 1.09 bits per heavy atom. The number of nitrogens with zero attached hydrogens (tertiary/aromatic N) is 2. The van der Waals surface area contributed by atoms with Crippen LogP contribution in [-0.4, -0.2) is 9.55 Å². The molecule has 216 valence electrons. The van der Waals surface area contributed by atoms with Crippen LogP contribution in [0.1, 0.15) is 0 Å². The van der Waals surface area contributed by atoms with E-state index in [9.17, 15) is 0 Å². The minimum Gasteiger partial charge on any atom is -0.464 e. The molecule has 0 fully saturated rings. The van der Waals surface area contributed by atoms with Gasteiger partial charge in [0.05, 0.1) is 22.3 Å². The lowest BCUT2D eigenvalue weighted by Gasteiger charge is -2.19. The third-order valence-electron chi connectivity index (χ3n) is 8.91. The summed E-state index contributed by atoms with van der Waals surface area (Å²) in [6, 6.07) is 57.7. The second-order valence-electron chi connectivity index (χ2n) is 11.6. The Labute approximate surface area is 266 Å². The zero-order valence-electron chi connectivity index (χ0n) is 25.0. The lowest BCUT2D eigenvalue weighted by molar-refractivity contribution is 0.616. The van der Waals surface area contributed by atoms with Crippen LogP contribution in [0.3, 0.4) is 0 Å². The molecule has 0 saturated heterocycles. The molecule has 9 rings (SSSR count). The highest BCUT2D eigenvalue weighted by molar-refractivity contribution is 6.02. The maximum Gasteiger partial charge on any atom is 0.149 e. The first kappa shape index (κ1) is 26.2. The molecule has 46 heavy (non-hydrogen) atoms. The first-order chi connectivity index (χ1) is 22.8. The Morgan fingerprint density at radius 1 is 0.457 bits per heavy atom. The molecule has 0 radical (unpaired) electrons. The van der Waals surface area contributed by atoms with Crippen molar-refractivity contribution in [3.63, 3.8) is 0 Å². The molecule has 0 atom stereocenters. The van der Waals surface area contributed by atoms with E-state index in [-0.39, 0.29) is 0 Å². The minimum absolute atomic E-state index is 0.831. The molecule has 0 saturated carbocycles. The number of rotatable bonds is 5. The Morgan fingerprint density at radius 3 is 1.87 bits per heavy atom. The van der Waals surface area contributed by atoms with Crippen LogP contribution in [-0.2, 0) is 0 Å². The summed E-state index contributed by atoms with van der Waals surface area (Å²) in [5, 5.41) is 3.48. The summed E-state index contributed by atoms with van der Waals surface area (Å²) in [6.07, 6.45) is 1.86. The molecule has 0 bridgehead atoms. The third kappa shape index (κ3) is 4.25. The quantitative estimate of drug-likeness (QED) is 0.200. The van der Waals surface area contributed by atoms with Crippen LogP contribution in [0.25, 0.3) is 83.2 Å². The molecule has 0 aliphatic rings. The number of imidazole rings is 1. The summed E-state index contributed by atoms with van der Waals surface area (Å²) < 4.78 is 8.57. The van der Waals surface area contributed by atoms with Gasteiger partial charge >= 0.3 is 0 Å². The molecule has 0 N–H and O–H groups in total. The minimum atomic E-state index is 0.831. The van der Waals surface area contributed by atoms with Gasteiger partial charge in [0.2, 0.25) is 0 Å². The third-order valence-corrected chi connectivity index (χ3v) is 8.91. The monoisotopic (exact) mass is 588 g/mol. The van der Waals surface area contributed by atoms with Gasteiger partial charge in [-0.2, -0.15) is 0 Å². The van der Waals surface area contributed by atoms with Crippen LogP contribution in [0.5, 0.6) is 0 Å². The van der Waals surface area contributed by atoms with Crippen LogP contribution in [0.15, 0.2) is 174 Å². The Kier molecular flexibility index (Phi) is 6.14. The molecule has 2 heterocycles. The number of para-hydroxylation sites is 3. The van der Waals surface area contributed by atoms with Crippen LogP contribution in [0.2, 0.25) is 0 Å². The highest BCUT2D eigenvalue weighted by atomic mass is 16.3. The number of hydrogen-bond acceptors (Lipinski definition) is 2. The molecular weight excluding hydrogens is 560 g/mol. The van der Waals surface area contributed by atoms with Crippen molar-refractivity contribution in [3.8, 4) is 50.5 Å². The lowest BCUT2D eigenvalue weighted by atomic mass is 9.95. The van der Waals surface area contributed by atoms with Crippen LogP contribution < -0.4 is 0 Å². The van der Waals surface area contributed by atoms with Crippen molar-refractivity contribution in [1.82, 2.24) is 9.55 Å². The Bertz CT molecular complexity index is 2460. The van der Waals surface area contributed by atoms with E-state index in [4.69, 9.17) is 9.40 Å². The van der Waals surface area contributed by atoms with Crippen LogP contribution >= 0.6 is 0 Å². The van der Waals surface area contributed by atoms with Crippen molar-refractivity contribution in [2.75, 3.05) is 0 Å². The van der Waals surface area contributed by atoms with Gasteiger partial charge in [0.1, 0.15) is 17.7 Å². The molecule has 0 amide bonds. The predicted octanol–water partition coefficient (Wildman–Crippen LogP) is 11.6. The summed E-state index contributed by atoms with van der Waals surface area (Å²) in [6.45, 7) is 0. The van der Waals surface area contributed by atoms with Crippen molar-refractivity contribution < 1.29 is 4.42 Å². The van der Waals surface area contributed by atoms with Gasteiger partial charge in [0.15, 0.2) is 0 Å². The Balaban J connectivity index is 1.35. The van der Waals surface area contributed by atoms with Crippen molar-refractivity contribution >= 4 is 32.8 Å². The van der Waals surface area contributed by atoms with Crippen molar-refractivity contribution in [3.05, 3.63) is 170 Å². The van der Waals surface area contributed by atoms with Crippen molar-refractivity contribution in [1.29, 1.82) is 0 Å². The lowest BCUT2D eigenvalue weighted by Crippen LogP contribution is -2.03. The highest BCUT2D eigenvalue weighted by Crippen LogP contribution is 2.42. The Hall–Kier alpha value is -6.19. The standard InChI is InChI=1S/C43H28N2O/c1-3-13-30(14-4-1)35-21-12-22-36(31-15-5-2-6-16-31)42(35)45-40-24-10-9-23-39(40)44-43(45)38-28-46-41-26-25-32(27-37(38)41)34-20-11-18-29-17-7-8-19-33(29)34/h1-28H. The van der Waals surface area contributed by atoms with E-state index in [1.165, 1.54) is 16.3 Å². The summed E-state index contributed by atoms with van der Waals surface area (Å²) in [5.41, 5.74) is 11.7.